The first kappa shape index (κ1) is 46.6. The number of primary amides is 2. The second-order valence-electron chi connectivity index (χ2n) is 14.1. The number of nitrogens with one attached hydrogen (secondary N) is 2. The summed E-state index contributed by atoms with van der Waals surface area (Å²) in [5.41, 5.74) is 25.9. The number of methoxy groups -OCH3 is 1. The number of hydrogen-bond donors (Lipinski definition) is 6. The SMILES string of the molecule is CCN=C(/C=C(/C)N)C(=O)Nc1nc2cc(C(N)=O)cc(OC)c2n1C/C=C/Cn1c(NC(=O)C(/C=C(/C)N)=NCC)nc2cc(C(N)=O)cc(OCC#CCN3CCOCC3)c21. The van der Waals surface area contributed by atoms with E-state index in [-0.39, 0.29) is 65.6 Å². The highest BCUT2D eigenvalue weighted by Crippen LogP contribution is 2.33. The van der Waals surface area contributed by atoms with Gasteiger partial charge in [0.2, 0.25) is 23.7 Å². The third-order valence-electron chi connectivity index (χ3n) is 9.28. The molecule has 3 heterocycles. The zero-order valence-electron chi connectivity index (χ0n) is 36.0. The number of rotatable bonds is 18. The standard InChI is InChI=1S/C43H53N13O7/c1-6-48-32(20-26(3)44)40(59)52-42-50-30-22-28(38(46)57)24-34(61-5)36(30)55(42)13-8-9-14-56-37-31(51-43(56)53-41(60)33(49-7-2)21-27(4)45)23-29(39(47)58)25-35(37)63-17-11-10-12-54-15-18-62-19-16-54/h8-9,20-25H,6-7,12-19,44-45H2,1-5H3,(H2,46,57)(H2,47,58)(H,50,52,59)(H,51,53,60)/b9-8+,26-20-,27-21-,48-32?,49-33?. The molecule has 2 aromatic carbocycles. The van der Waals surface area contributed by atoms with Crippen LogP contribution in [0, 0.1) is 11.8 Å². The van der Waals surface area contributed by atoms with Gasteiger partial charge in [0.05, 0.1) is 37.9 Å². The van der Waals surface area contributed by atoms with Crippen molar-refractivity contribution in [2.24, 2.45) is 32.9 Å². The molecule has 1 fully saturated rings. The molecule has 0 atom stereocenters. The van der Waals surface area contributed by atoms with Crippen LogP contribution in [-0.4, -0.2) is 119 Å². The number of morpholine rings is 1. The van der Waals surface area contributed by atoms with Gasteiger partial charge in [-0.1, -0.05) is 24.0 Å². The molecule has 20 heteroatoms. The minimum atomic E-state index is -0.711. The summed E-state index contributed by atoms with van der Waals surface area (Å²) in [7, 11) is 1.44. The molecule has 0 bridgehead atoms. The van der Waals surface area contributed by atoms with Crippen molar-refractivity contribution in [3.8, 4) is 23.3 Å². The number of anilines is 2. The third kappa shape index (κ3) is 12.1. The maximum atomic E-state index is 13.7. The van der Waals surface area contributed by atoms with Crippen LogP contribution >= 0.6 is 0 Å². The highest BCUT2D eigenvalue weighted by atomic mass is 16.5. The molecule has 63 heavy (non-hydrogen) atoms. The van der Waals surface area contributed by atoms with Crippen LogP contribution in [0.15, 0.2) is 69.9 Å². The summed E-state index contributed by atoms with van der Waals surface area (Å²) in [4.78, 5) is 72.0. The van der Waals surface area contributed by atoms with E-state index in [0.29, 0.717) is 66.3 Å². The van der Waals surface area contributed by atoms with Gasteiger partial charge in [0.25, 0.3) is 11.8 Å². The van der Waals surface area contributed by atoms with Gasteiger partial charge in [-0.3, -0.25) is 44.7 Å². The molecule has 0 spiro atoms. The number of imidazole rings is 2. The molecule has 0 saturated carbocycles. The normalized spacial score (nSPS) is 14.2. The Morgan fingerprint density at radius 3 is 1.68 bits per heavy atom. The molecule has 1 aliphatic rings. The van der Waals surface area contributed by atoms with E-state index in [0.717, 1.165) is 13.1 Å². The highest BCUT2D eigenvalue weighted by molar-refractivity contribution is 6.47. The number of aliphatic imine (C=N–C) groups is 2. The zero-order valence-corrected chi connectivity index (χ0v) is 36.0. The fourth-order valence-electron chi connectivity index (χ4n) is 6.48. The quantitative estimate of drug-likeness (QED) is 0.0477. The Bertz CT molecular complexity index is 2590. The largest absolute Gasteiger partial charge is 0.494 e. The van der Waals surface area contributed by atoms with Crippen LogP contribution in [-0.2, 0) is 27.4 Å². The van der Waals surface area contributed by atoms with Crippen LogP contribution in [0.5, 0.6) is 11.5 Å². The van der Waals surface area contributed by atoms with Crippen molar-refractivity contribution in [3.05, 3.63) is 71.1 Å². The molecular weight excluding hydrogens is 811 g/mol. The second kappa shape index (κ2) is 21.8. The molecule has 4 amide bonds. The number of aromatic nitrogens is 4. The Hall–Kier alpha value is -7.50. The molecule has 0 aliphatic carbocycles. The monoisotopic (exact) mass is 863 g/mol. The van der Waals surface area contributed by atoms with E-state index in [4.69, 9.17) is 42.1 Å². The summed E-state index contributed by atoms with van der Waals surface area (Å²) < 4.78 is 20.6. The molecule has 10 N–H and O–H groups in total. The van der Waals surface area contributed by atoms with Gasteiger partial charge >= 0.3 is 0 Å². The van der Waals surface area contributed by atoms with E-state index in [1.165, 1.54) is 43.5 Å². The van der Waals surface area contributed by atoms with Gasteiger partial charge in [0.1, 0.15) is 40.6 Å². The van der Waals surface area contributed by atoms with Crippen LogP contribution in [0.25, 0.3) is 22.1 Å². The molecule has 1 saturated heterocycles. The lowest BCUT2D eigenvalue weighted by molar-refractivity contribution is -0.111. The number of carbonyl (C=O) groups excluding carboxylic acids is 4. The van der Waals surface area contributed by atoms with Crippen LogP contribution in [0.2, 0.25) is 0 Å². The minimum absolute atomic E-state index is 0.0228. The van der Waals surface area contributed by atoms with Crippen molar-refractivity contribution >= 4 is 69.0 Å². The summed E-state index contributed by atoms with van der Waals surface area (Å²) in [5.74, 6) is 4.34. The number of nitrogens with two attached hydrogens (primary N) is 4. The Morgan fingerprint density at radius 1 is 0.762 bits per heavy atom. The predicted molar refractivity (Wildman–Crippen MR) is 242 cm³/mol. The first-order valence-corrected chi connectivity index (χ1v) is 20.1. The first-order chi connectivity index (χ1) is 30.2. The number of fused-ring (bicyclic) bond motifs is 2. The summed E-state index contributed by atoms with van der Waals surface area (Å²) >= 11 is 0. The maximum absolute atomic E-state index is 13.7. The molecule has 2 aromatic heterocycles. The number of allylic oxidation sites excluding steroid dienone is 4. The number of benzene rings is 2. The lowest BCUT2D eigenvalue weighted by atomic mass is 10.1. The van der Waals surface area contributed by atoms with Crippen LogP contribution in [0.3, 0.4) is 0 Å². The third-order valence-corrected chi connectivity index (χ3v) is 9.28. The lowest BCUT2D eigenvalue weighted by Gasteiger charge is -2.24. The van der Waals surface area contributed by atoms with Gasteiger partial charge in [-0.2, -0.15) is 0 Å². The Kier molecular flexibility index (Phi) is 16.1. The Labute approximate surface area is 364 Å². The Balaban J connectivity index is 1.57. The van der Waals surface area contributed by atoms with E-state index in [1.807, 2.05) is 0 Å². The van der Waals surface area contributed by atoms with Gasteiger partial charge in [-0.05, 0) is 64.1 Å². The number of hydrogen-bond acceptors (Lipinski definition) is 14. The second-order valence-corrected chi connectivity index (χ2v) is 14.1. The molecule has 20 nitrogen and oxygen atoms in total. The van der Waals surface area contributed by atoms with Gasteiger partial charge in [0.15, 0.2) is 0 Å². The summed E-state index contributed by atoms with van der Waals surface area (Å²) in [6.45, 7) is 11.0. The van der Waals surface area contributed by atoms with Gasteiger partial charge in [-0.15, -0.1) is 0 Å². The molecule has 332 valence electrons. The number of carbonyl (C=O) groups is 4. The average molecular weight is 864 g/mol. The minimum Gasteiger partial charge on any atom is -0.494 e. The van der Waals surface area contributed by atoms with Crippen molar-refractivity contribution in [2.75, 3.05) is 70.3 Å². The summed E-state index contributed by atoms with van der Waals surface area (Å²) in [6.07, 6.45) is 6.50. The lowest BCUT2D eigenvalue weighted by Crippen LogP contribution is -2.36. The van der Waals surface area contributed by atoms with Crippen molar-refractivity contribution in [3.63, 3.8) is 0 Å². The van der Waals surface area contributed by atoms with Crippen molar-refractivity contribution in [1.29, 1.82) is 0 Å². The molecular formula is C43H53N13O7. The maximum Gasteiger partial charge on any atom is 0.276 e. The number of amides is 4. The number of nitrogens with zero attached hydrogens (tertiary/aromatic N) is 7. The molecule has 0 radical (unpaired) electrons. The van der Waals surface area contributed by atoms with Gasteiger partial charge in [0, 0.05) is 61.8 Å². The van der Waals surface area contributed by atoms with Crippen LogP contribution in [0.1, 0.15) is 48.4 Å². The van der Waals surface area contributed by atoms with Crippen molar-refractivity contribution < 1.29 is 33.4 Å². The fraction of sp³-hybridized carbons (Fsp3) is 0.349. The van der Waals surface area contributed by atoms with Gasteiger partial charge < -0.3 is 46.3 Å². The molecule has 1 aliphatic heterocycles. The van der Waals surface area contributed by atoms with Gasteiger partial charge in [-0.25, -0.2) is 9.97 Å². The topological polar surface area (TPSA) is 288 Å². The van der Waals surface area contributed by atoms with Crippen LogP contribution in [0.4, 0.5) is 11.9 Å². The highest BCUT2D eigenvalue weighted by Gasteiger charge is 2.23. The molecule has 4 aromatic rings. The summed E-state index contributed by atoms with van der Waals surface area (Å²) in [5, 5.41) is 5.66. The van der Waals surface area contributed by atoms with Crippen LogP contribution < -0.4 is 43.0 Å². The van der Waals surface area contributed by atoms with E-state index in [2.05, 4.69) is 42.3 Å². The summed E-state index contributed by atoms with van der Waals surface area (Å²) in [6, 6.07) is 6.00. The smallest absolute Gasteiger partial charge is 0.276 e. The molecule has 5 rings (SSSR count). The fourth-order valence-corrected chi connectivity index (χ4v) is 6.48. The molecule has 0 unspecified atom stereocenters. The van der Waals surface area contributed by atoms with E-state index < -0.39 is 23.6 Å². The van der Waals surface area contributed by atoms with E-state index in [9.17, 15) is 19.2 Å². The first-order valence-electron chi connectivity index (χ1n) is 20.1. The van der Waals surface area contributed by atoms with Crippen molar-refractivity contribution in [1.82, 2.24) is 24.0 Å². The average Bonchev–Trinajstić information content (AvgIpc) is 3.77. The van der Waals surface area contributed by atoms with E-state index >= 15 is 0 Å². The predicted octanol–water partition coefficient (Wildman–Crippen LogP) is 2.09. The van der Waals surface area contributed by atoms with Crippen molar-refractivity contribution in [2.45, 2.75) is 40.8 Å². The zero-order chi connectivity index (χ0) is 45.6. The number of ether oxygens (including phenoxy) is 3. The van der Waals surface area contributed by atoms with E-state index in [1.54, 1.807) is 49.0 Å². The Morgan fingerprint density at radius 2 is 1.24 bits per heavy atom.